The third-order valence-corrected chi connectivity index (χ3v) is 5.10. The van der Waals surface area contributed by atoms with Gasteiger partial charge in [-0.3, -0.25) is 9.79 Å². The first-order valence-corrected chi connectivity index (χ1v) is 10.2. The number of amides is 1. The first-order chi connectivity index (χ1) is 14.1. The summed E-state index contributed by atoms with van der Waals surface area (Å²) in [6.07, 6.45) is 2.74. The zero-order valence-corrected chi connectivity index (χ0v) is 17.5. The Hall–Kier alpha value is -2.80. The summed E-state index contributed by atoms with van der Waals surface area (Å²) in [5.74, 6) is 1.52. The van der Waals surface area contributed by atoms with Gasteiger partial charge in [0.15, 0.2) is 5.96 Å². The zero-order chi connectivity index (χ0) is 20.6. The molecule has 0 saturated carbocycles. The summed E-state index contributed by atoms with van der Waals surface area (Å²) in [6.45, 7) is 4.86. The molecule has 2 heterocycles. The van der Waals surface area contributed by atoms with Crippen molar-refractivity contribution in [2.75, 3.05) is 31.6 Å². The van der Waals surface area contributed by atoms with Gasteiger partial charge in [-0.25, -0.2) is 4.98 Å². The molecule has 1 unspecified atom stereocenters. The fourth-order valence-corrected chi connectivity index (χ4v) is 3.53. The molecule has 3 rings (SSSR count). The summed E-state index contributed by atoms with van der Waals surface area (Å²) in [4.78, 5) is 22.7. The Morgan fingerprint density at radius 2 is 2.07 bits per heavy atom. The molecule has 1 atom stereocenters. The smallest absolute Gasteiger partial charge is 0.251 e. The summed E-state index contributed by atoms with van der Waals surface area (Å²) in [5.41, 5.74) is 1.74. The van der Waals surface area contributed by atoms with Gasteiger partial charge in [-0.15, -0.1) is 0 Å². The SMILES string of the molecule is CCNC(=O)c1ccc(CNC(=NC)NC2CCN(c3ncccc3Cl)C2)cc1. The quantitative estimate of drug-likeness (QED) is 0.499. The van der Waals surface area contributed by atoms with Gasteiger partial charge >= 0.3 is 0 Å². The molecular weight excluding hydrogens is 388 g/mol. The monoisotopic (exact) mass is 414 g/mol. The Bertz CT molecular complexity index is 855. The molecule has 1 aliphatic rings. The van der Waals surface area contributed by atoms with Crippen LogP contribution in [0.25, 0.3) is 0 Å². The van der Waals surface area contributed by atoms with E-state index in [9.17, 15) is 4.79 Å². The van der Waals surface area contributed by atoms with Crippen molar-refractivity contribution in [2.45, 2.75) is 25.9 Å². The Balaban J connectivity index is 1.50. The molecule has 1 fully saturated rings. The van der Waals surface area contributed by atoms with Gasteiger partial charge in [-0.05, 0) is 43.2 Å². The summed E-state index contributed by atoms with van der Waals surface area (Å²) < 4.78 is 0. The van der Waals surface area contributed by atoms with E-state index in [1.807, 2.05) is 43.3 Å². The lowest BCUT2D eigenvalue weighted by Crippen LogP contribution is -2.44. The van der Waals surface area contributed by atoms with Crippen LogP contribution in [-0.4, -0.2) is 49.6 Å². The molecular formula is C21H27ClN6O. The van der Waals surface area contributed by atoms with Gasteiger partial charge in [0.05, 0.1) is 5.02 Å². The van der Waals surface area contributed by atoms with E-state index in [-0.39, 0.29) is 11.9 Å². The van der Waals surface area contributed by atoms with Crippen LogP contribution in [0.1, 0.15) is 29.3 Å². The largest absolute Gasteiger partial charge is 0.353 e. The highest BCUT2D eigenvalue weighted by molar-refractivity contribution is 6.32. The first-order valence-electron chi connectivity index (χ1n) is 9.80. The third-order valence-electron chi connectivity index (χ3n) is 4.80. The molecule has 2 aromatic rings. The maximum atomic E-state index is 11.8. The second-order valence-corrected chi connectivity index (χ2v) is 7.27. The van der Waals surface area contributed by atoms with Gasteiger partial charge in [0, 0.05) is 51.0 Å². The molecule has 1 amide bonds. The number of anilines is 1. The standard InChI is InChI=1S/C21H27ClN6O/c1-3-24-20(29)16-8-6-15(7-9-16)13-26-21(23-2)27-17-10-12-28(14-17)19-18(22)5-4-11-25-19/h4-9,11,17H,3,10,12-14H2,1-2H3,(H,24,29)(H2,23,26,27). The Labute approximate surface area is 176 Å². The van der Waals surface area contributed by atoms with Crippen LogP contribution in [0.2, 0.25) is 5.02 Å². The third kappa shape index (κ3) is 5.60. The number of aromatic nitrogens is 1. The van der Waals surface area contributed by atoms with Crippen LogP contribution >= 0.6 is 11.6 Å². The number of halogens is 1. The lowest BCUT2D eigenvalue weighted by Gasteiger charge is -2.20. The van der Waals surface area contributed by atoms with E-state index >= 15 is 0 Å². The number of hydrogen-bond acceptors (Lipinski definition) is 4. The van der Waals surface area contributed by atoms with Crippen molar-refractivity contribution in [3.8, 4) is 0 Å². The number of nitrogens with one attached hydrogen (secondary N) is 3. The molecule has 29 heavy (non-hydrogen) atoms. The van der Waals surface area contributed by atoms with E-state index in [0.29, 0.717) is 23.7 Å². The second-order valence-electron chi connectivity index (χ2n) is 6.87. The topological polar surface area (TPSA) is 81.6 Å². The molecule has 1 aromatic heterocycles. The lowest BCUT2D eigenvalue weighted by molar-refractivity contribution is 0.0956. The summed E-state index contributed by atoms with van der Waals surface area (Å²) >= 11 is 6.27. The molecule has 1 saturated heterocycles. The van der Waals surface area contributed by atoms with Gasteiger partial charge in [0.25, 0.3) is 5.91 Å². The highest BCUT2D eigenvalue weighted by Crippen LogP contribution is 2.25. The molecule has 0 bridgehead atoms. The maximum Gasteiger partial charge on any atom is 0.251 e. The number of guanidine groups is 1. The van der Waals surface area contributed by atoms with Gasteiger partial charge in [-0.1, -0.05) is 23.7 Å². The number of nitrogens with zero attached hydrogens (tertiary/aromatic N) is 3. The van der Waals surface area contributed by atoms with E-state index < -0.39 is 0 Å². The van der Waals surface area contributed by atoms with Crippen molar-refractivity contribution in [1.82, 2.24) is 20.9 Å². The summed E-state index contributed by atoms with van der Waals surface area (Å²) in [6, 6.07) is 11.5. The average molecular weight is 415 g/mol. The van der Waals surface area contributed by atoms with E-state index in [2.05, 4.69) is 30.8 Å². The molecule has 0 radical (unpaired) electrons. The van der Waals surface area contributed by atoms with Gasteiger partial charge < -0.3 is 20.9 Å². The molecule has 7 nitrogen and oxygen atoms in total. The number of aliphatic imine (C=N–C) groups is 1. The van der Waals surface area contributed by atoms with Crippen LogP contribution in [0.5, 0.6) is 0 Å². The van der Waals surface area contributed by atoms with Crippen LogP contribution in [0.4, 0.5) is 5.82 Å². The van der Waals surface area contributed by atoms with Crippen LogP contribution in [0.15, 0.2) is 47.6 Å². The highest BCUT2D eigenvalue weighted by Gasteiger charge is 2.25. The molecule has 0 spiro atoms. The van der Waals surface area contributed by atoms with Crippen molar-refractivity contribution in [1.29, 1.82) is 0 Å². The normalized spacial score (nSPS) is 16.6. The van der Waals surface area contributed by atoms with E-state index in [1.54, 1.807) is 13.2 Å². The van der Waals surface area contributed by atoms with Crippen LogP contribution in [0, 0.1) is 0 Å². The van der Waals surface area contributed by atoms with E-state index in [1.165, 1.54) is 0 Å². The predicted octanol–water partition coefficient (Wildman–Crippen LogP) is 2.43. The van der Waals surface area contributed by atoms with Crippen LogP contribution in [-0.2, 0) is 6.54 Å². The van der Waals surface area contributed by atoms with Crippen LogP contribution in [0.3, 0.4) is 0 Å². The summed E-state index contributed by atoms with van der Waals surface area (Å²) in [5, 5.41) is 10.3. The minimum atomic E-state index is -0.0525. The average Bonchev–Trinajstić information content (AvgIpc) is 3.20. The number of benzene rings is 1. The predicted molar refractivity (Wildman–Crippen MR) is 118 cm³/mol. The van der Waals surface area contributed by atoms with Crippen molar-refractivity contribution in [2.24, 2.45) is 4.99 Å². The first kappa shape index (κ1) is 20.9. The van der Waals surface area contributed by atoms with Crippen molar-refractivity contribution in [3.05, 3.63) is 58.7 Å². The fraction of sp³-hybridized carbons (Fsp3) is 0.381. The number of hydrogen-bond donors (Lipinski definition) is 3. The molecule has 1 aromatic carbocycles. The van der Waals surface area contributed by atoms with Crippen molar-refractivity contribution >= 4 is 29.3 Å². The molecule has 154 valence electrons. The van der Waals surface area contributed by atoms with E-state index in [0.717, 1.165) is 36.9 Å². The maximum absolute atomic E-state index is 11.8. The van der Waals surface area contributed by atoms with Crippen molar-refractivity contribution in [3.63, 3.8) is 0 Å². The van der Waals surface area contributed by atoms with Crippen LogP contribution < -0.4 is 20.9 Å². The lowest BCUT2D eigenvalue weighted by atomic mass is 10.1. The minimum Gasteiger partial charge on any atom is -0.353 e. The number of pyridine rings is 1. The van der Waals surface area contributed by atoms with Gasteiger partial charge in [-0.2, -0.15) is 0 Å². The molecule has 1 aliphatic heterocycles. The highest BCUT2D eigenvalue weighted by atomic mass is 35.5. The van der Waals surface area contributed by atoms with E-state index in [4.69, 9.17) is 11.6 Å². The number of rotatable bonds is 6. The molecule has 8 heteroatoms. The number of carbonyl (C=O) groups is 1. The van der Waals surface area contributed by atoms with Gasteiger partial charge in [0.2, 0.25) is 0 Å². The summed E-state index contributed by atoms with van der Waals surface area (Å²) in [7, 11) is 1.76. The fourth-order valence-electron chi connectivity index (χ4n) is 3.29. The number of carbonyl (C=O) groups excluding carboxylic acids is 1. The Morgan fingerprint density at radius 3 is 2.76 bits per heavy atom. The Morgan fingerprint density at radius 1 is 1.28 bits per heavy atom. The molecule has 3 N–H and O–H groups in total. The minimum absolute atomic E-state index is 0.0525. The van der Waals surface area contributed by atoms with Crippen molar-refractivity contribution < 1.29 is 4.79 Å². The zero-order valence-electron chi connectivity index (χ0n) is 16.8. The van der Waals surface area contributed by atoms with Gasteiger partial charge in [0.1, 0.15) is 5.82 Å². The Kier molecular flexibility index (Phi) is 7.30. The second kappa shape index (κ2) is 10.1. The molecule has 0 aliphatic carbocycles.